The Labute approximate surface area is 131 Å². The van der Waals surface area contributed by atoms with Crippen LogP contribution in [0.5, 0.6) is 0 Å². The van der Waals surface area contributed by atoms with E-state index in [4.69, 9.17) is 0 Å². The third-order valence-corrected chi connectivity index (χ3v) is 4.60. The van der Waals surface area contributed by atoms with E-state index in [0.717, 1.165) is 12.8 Å². The van der Waals surface area contributed by atoms with Gasteiger partial charge in [-0.3, -0.25) is 9.59 Å². The lowest BCUT2D eigenvalue weighted by molar-refractivity contribution is -0.134. The minimum Gasteiger partial charge on any atom is -0.339 e. The summed E-state index contributed by atoms with van der Waals surface area (Å²) in [6, 6.07) is 4.70. The van der Waals surface area contributed by atoms with Gasteiger partial charge < -0.3 is 9.80 Å². The molecule has 2 aliphatic rings. The molecule has 0 radical (unpaired) electrons. The predicted molar refractivity (Wildman–Crippen MR) is 79.3 cm³/mol. The van der Waals surface area contributed by atoms with Crippen LogP contribution in [-0.2, 0) is 4.79 Å². The molecule has 0 bridgehead atoms. The third kappa shape index (κ3) is 2.95. The summed E-state index contributed by atoms with van der Waals surface area (Å²) in [6.07, 6.45) is 1.97. The van der Waals surface area contributed by atoms with Gasteiger partial charge in [-0.25, -0.2) is 4.39 Å². The summed E-state index contributed by atoms with van der Waals surface area (Å²) in [7, 11) is 0. The molecule has 1 aromatic carbocycles. The third-order valence-electron chi connectivity index (χ3n) is 3.99. The van der Waals surface area contributed by atoms with Gasteiger partial charge in [0.05, 0.1) is 10.0 Å². The SMILES string of the molecule is O=C(c1cccc(Br)c1F)N1CCN(C(=O)C2CC2)CC1. The van der Waals surface area contributed by atoms with Gasteiger partial charge in [-0.15, -0.1) is 0 Å². The van der Waals surface area contributed by atoms with E-state index in [1.54, 1.807) is 17.0 Å². The zero-order chi connectivity index (χ0) is 15.0. The molecule has 4 nitrogen and oxygen atoms in total. The average molecular weight is 355 g/mol. The van der Waals surface area contributed by atoms with Crippen molar-refractivity contribution in [1.29, 1.82) is 0 Å². The van der Waals surface area contributed by atoms with Crippen molar-refractivity contribution in [2.24, 2.45) is 5.92 Å². The van der Waals surface area contributed by atoms with Crippen LogP contribution in [0.25, 0.3) is 0 Å². The van der Waals surface area contributed by atoms with Crippen LogP contribution in [0, 0.1) is 11.7 Å². The highest BCUT2D eigenvalue weighted by molar-refractivity contribution is 9.10. The van der Waals surface area contributed by atoms with Gasteiger partial charge >= 0.3 is 0 Å². The lowest BCUT2D eigenvalue weighted by atomic mass is 10.1. The number of carbonyl (C=O) groups excluding carboxylic acids is 2. The van der Waals surface area contributed by atoms with Crippen molar-refractivity contribution in [3.8, 4) is 0 Å². The van der Waals surface area contributed by atoms with E-state index in [1.165, 1.54) is 6.07 Å². The second kappa shape index (κ2) is 5.75. The standard InChI is InChI=1S/C15H16BrFN2O2/c16-12-3-1-2-11(13(12)17)15(21)19-8-6-18(7-9-19)14(20)10-4-5-10/h1-3,10H,4-9H2. The molecule has 0 atom stereocenters. The van der Waals surface area contributed by atoms with Crippen molar-refractivity contribution in [3.63, 3.8) is 0 Å². The second-order valence-corrected chi connectivity index (χ2v) is 6.35. The van der Waals surface area contributed by atoms with Crippen LogP contribution in [0.2, 0.25) is 0 Å². The molecule has 2 fully saturated rings. The second-order valence-electron chi connectivity index (χ2n) is 5.49. The number of piperazine rings is 1. The minimum absolute atomic E-state index is 0.0753. The molecular formula is C15H16BrFN2O2. The molecule has 0 aromatic heterocycles. The molecule has 1 saturated heterocycles. The summed E-state index contributed by atoms with van der Waals surface area (Å²) >= 11 is 3.09. The molecule has 1 aromatic rings. The Bertz CT molecular complexity index is 581. The Balaban J connectivity index is 1.64. The quantitative estimate of drug-likeness (QED) is 0.817. The van der Waals surface area contributed by atoms with E-state index in [1.807, 2.05) is 4.90 Å². The summed E-state index contributed by atoms with van der Waals surface area (Å²) in [6.45, 7) is 2.00. The maximum atomic E-state index is 14.0. The first-order valence-electron chi connectivity index (χ1n) is 7.10. The van der Waals surface area contributed by atoms with Gasteiger partial charge in [0.2, 0.25) is 5.91 Å². The first-order valence-corrected chi connectivity index (χ1v) is 7.89. The van der Waals surface area contributed by atoms with E-state index in [2.05, 4.69) is 15.9 Å². The maximum Gasteiger partial charge on any atom is 0.256 e. The molecule has 1 saturated carbocycles. The highest BCUT2D eigenvalue weighted by Gasteiger charge is 2.35. The molecule has 21 heavy (non-hydrogen) atoms. The number of amides is 2. The number of hydrogen-bond donors (Lipinski definition) is 0. The van der Waals surface area contributed by atoms with Crippen molar-refractivity contribution < 1.29 is 14.0 Å². The summed E-state index contributed by atoms with van der Waals surface area (Å²) in [5.41, 5.74) is 0.0753. The maximum absolute atomic E-state index is 14.0. The molecule has 0 N–H and O–H groups in total. The smallest absolute Gasteiger partial charge is 0.256 e. The Morgan fingerprint density at radius 3 is 2.33 bits per heavy atom. The summed E-state index contributed by atoms with van der Waals surface area (Å²) < 4.78 is 14.3. The van der Waals surface area contributed by atoms with Crippen molar-refractivity contribution in [3.05, 3.63) is 34.1 Å². The number of nitrogens with zero attached hydrogens (tertiary/aromatic N) is 2. The van der Waals surface area contributed by atoms with Crippen LogP contribution in [0.1, 0.15) is 23.2 Å². The number of carbonyl (C=O) groups is 2. The Morgan fingerprint density at radius 2 is 1.71 bits per heavy atom. The fourth-order valence-electron chi connectivity index (χ4n) is 2.56. The highest BCUT2D eigenvalue weighted by atomic mass is 79.9. The van der Waals surface area contributed by atoms with Gasteiger partial charge in [-0.2, -0.15) is 0 Å². The zero-order valence-electron chi connectivity index (χ0n) is 11.5. The van der Waals surface area contributed by atoms with Gasteiger partial charge in [0, 0.05) is 32.1 Å². The number of hydrogen-bond acceptors (Lipinski definition) is 2. The molecule has 112 valence electrons. The minimum atomic E-state index is -0.529. The van der Waals surface area contributed by atoms with Crippen LogP contribution < -0.4 is 0 Å². The molecule has 6 heteroatoms. The van der Waals surface area contributed by atoms with E-state index in [0.29, 0.717) is 26.2 Å². The van der Waals surface area contributed by atoms with Crippen LogP contribution in [0.15, 0.2) is 22.7 Å². The molecular weight excluding hydrogens is 339 g/mol. The van der Waals surface area contributed by atoms with Crippen molar-refractivity contribution in [2.75, 3.05) is 26.2 Å². The van der Waals surface area contributed by atoms with Crippen molar-refractivity contribution in [1.82, 2.24) is 9.80 Å². The van der Waals surface area contributed by atoms with Crippen LogP contribution >= 0.6 is 15.9 Å². The Morgan fingerprint density at radius 1 is 1.10 bits per heavy atom. The largest absolute Gasteiger partial charge is 0.339 e. The van der Waals surface area contributed by atoms with E-state index >= 15 is 0 Å². The summed E-state index contributed by atoms with van der Waals surface area (Å²) in [5, 5.41) is 0. The number of benzene rings is 1. The summed E-state index contributed by atoms with van der Waals surface area (Å²) in [5.74, 6) is -0.434. The first kappa shape index (κ1) is 14.5. The zero-order valence-corrected chi connectivity index (χ0v) is 13.1. The fraction of sp³-hybridized carbons (Fsp3) is 0.467. The van der Waals surface area contributed by atoms with Gasteiger partial charge in [-0.05, 0) is 40.9 Å². The molecule has 0 unspecified atom stereocenters. The van der Waals surface area contributed by atoms with Gasteiger partial charge in [0.1, 0.15) is 5.82 Å². The van der Waals surface area contributed by atoms with E-state index in [9.17, 15) is 14.0 Å². The normalized spacial score (nSPS) is 18.8. The number of rotatable bonds is 2. The average Bonchev–Trinajstić information content (AvgIpc) is 3.33. The molecule has 1 aliphatic heterocycles. The van der Waals surface area contributed by atoms with Crippen molar-refractivity contribution >= 4 is 27.7 Å². The fourth-order valence-corrected chi connectivity index (χ4v) is 2.92. The number of halogens is 2. The lowest BCUT2D eigenvalue weighted by Gasteiger charge is -2.35. The Kier molecular flexibility index (Phi) is 3.97. The van der Waals surface area contributed by atoms with Gasteiger partial charge in [0.25, 0.3) is 5.91 Å². The molecule has 1 aliphatic carbocycles. The molecule has 3 rings (SSSR count). The van der Waals surface area contributed by atoms with Crippen LogP contribution in [0.3, 0.4) is 0 Å². The van der Waals surface area contributed by atoms with Crippen LogP contribution in [-0.4, -0.2) is 47.8 Å². The molecule has 1 heterocycles. The van der Waals surface area contributed by atoms with Gasteiger partial charge in [0.15, 0.2) is 0 Å². The lowest BCUT2D eigenvalue weighted by Crippen LogP contribution is -2.51. The van der Waals surface area contributed by atoms with Crippen molar-refractivity contribution in [2.45, 2.75) is 12.8 Å². The highest BCUT2D eigenvalue weighted by Crippen LogP contribution is 2.31. The van der Waals surface area contributed by atoms with E-state index < -0.39 is 5.82 Å². The summed E-state index contributed by atoms with van der Waals surface area (Å²) in [4.78, 5) is 27.7. The van der Waals surface area contributed by atoms with Crippen LogP contribution in [0.4, 0.5) is 4.39 Å². The molecule has 0 spiro atoms. The molecule has 2 amide bonds. The topological polar surface area (TPSA) is 40.6 Å². The predicted octanol–water partition coefficient (Wildman–Crippen LogP) is 2.28. The van der Waals surface area contributed by atoms with E-state index in [-0.39, 0.29) is 27.8 Å². The Hall–Kier alpha value is -1.43. The monoisotopic (exact) mass is 354 g/mol. The first-order chi connectivity index (χ1) is 10.1. The van der Waals surface area contributed by atoms with Gasteiger partial charge in [-0.1, -0.05) is 6.07 Å².